The molecule has 4 aromatic rings. The van der Waals surface area contributed by atoms with E-state index in [4.69, 9.17) is 18.3 Å². The predicted octanol–water partition coefficient (Wildman–Crippen LogP) is 4.88. The number of benzene rings is 2. The highest BCUT2D eigenvalue weighted by Crippen LogP contribution is 2.22. The van der Waals surface area contributed by atoms with E-state index in [0.29, 0.717) is 29.0 Å². The molecule has 1 amide bonds. The second-order valence-electron chi connectivity index (χ2n) is 6.81. The molecule has 32 heavy (non-hydrogen) atoms. The van der Waals surface area contributed by atoms with E-state index in [2.05, 4.69) is 15.5 Å². The minimum absolute atomic E-state index is 0.125. The standard InChI is InChI=1S/C24H21N3O5/c1-16-3-8-21(31-16)13-14-22(28)25-18-6-11-20(12-7-18)30-15-23-26-27-24(32-23)17-4-9-19(29-2)10-5-17/h3-14H,15H2,1-2H3,(H,25,28)/b14-13+. The first-order valence-electron chi connectivity index (χ1n) is 9.84. The van der Waals surface area contributed by atoms with E-state index < -0.39 is 0 Å². The number of nitrogens with zero attached hydrogens (tertiary/aromatic N) is 2. The van der Waals surface area contributed by atoms with Crippen LogP contribution in [0.25, 0.3) is 17.5 Å². The number of anilines is 1. The van der Waals surface area contributed by atoms with Crippen LogP contribution < -0.4 is 14.8 Å². The van der Waals surface area contributed by atoms with Gasteiger partial charge in [0, 0.05) is 17.3 Å². The van der Waals surface area contributed by atoms with Crippen LogP contribution in [0.4, 0.5) is 5.69 Å². The van der Waals surface area contributed by atoms with Gasteiger partial charge in [-0.3, -0.25) is 4.79 Å². The molecule has 4 rings (SSSR count). The summed E-state index contributed by atoms with van der Waals surface area (Å²) in [5.41, 5.74) is 1.43. The smallest absolute Gasteiger partial charge is 0.254 e. The van der Waals surface area contributed by atoms with Crippen LogP contribution >= 0.6 is 0 Å². The summed E-state index contributed by atoms with van der Waals surface area (Å²) in [6, 6.07) is 18.0. The highest BCUT2D eigenvalue weighted by molar-refractivity contribution is 6.01. The van der Waals surface area contributed by atoms with Gasteiger partial charge in [-0.2, -0.15) is 0 Å². The Balaban J connectivity index is 1.29. The molecule has 0 fully saturated rings. The normalized spacial score (nSPS) is 10.9. The summed E-state index contributed by atoms with van der Waals surface area (Å²) >= 11 is 0. The molecule has 162 valence electrons. The van der Waals surface area contributed by atoms with Gasteiger partial charge >= 0.3 is 0 Å². The molecule has 0 atom stereocenters. The minimum atomic E-state index is -0.260. The lowest BCUT2D eigenvalue weighted by atomic mass is 10.2. The Bertz CT molecular complexity index is 1210. The topological polar surface area (TPSA) is 99.6 Å². The molecule has 2 aromatic carbocycles. The first-order chi connectivity index (χ1) is 15.6. The molecule has 0 aliphatic carbocycles. The van der Waals surface area contributed by atoms with Crippen molar-refractivity contribution >= 4 is 17.7 Å². The summed E-state index contributed by atoms with van der Waals surface area (Å²) in [6.45, 7) is 1.97. The summed E-state index contributed by atoms with van der Waals surface area (Å²) < 4.78 is 21.9. The van der Waals surface area contributed by atoms with Crippen LogP contribution in [0.5, 0.6) is 11.5 Å². The van der Waals surface area contributed by atoms with Gasteiger partial charge in [0.25, 0.3) is 5.89 Å². The molecule has 8 heteroatoms. The number of carbonyl (C=O) groups is 1. The number of aryl methyl sites for hydroxylation is 1. The predicted molar refractivity (Wildman–Crippen MR) is 118 cm³/mol. The number of amides is 1. The molecule has 8 nitrogen and oxygen atoms in total. The maximum Gasteiger partial charge on any atom is 0.254 e. The van der Waals surface area contributed by atoms with Gasteiger partial charge in [-0.15, -0.1) is 10.2 Å². The Morgan fingerprint density at radius 3 is 2.41 bits per heavy atom. The van der Waals surface area contributed by atoms with Gasteiger partial charge in [0.05, 0.1) is 7.11 Å². The minimum Gasteiger partial charge on any atom is -0.497 e. The van der Waals surface area contributed by atoms with Gasteiger partial charge in [-0.1, -0.05) is 0 Å². The molecule has 0 aliphatic rings. The maximum atomic E-state index is 12.0. The molecule has 0 radical (unpaired) electrons. The van der Waals surface area contributed by atoms with Gasteiger partial charge in [0.15, 0.2) is 6.61 Å². The number of hydrogen-bond acceptors (Lipinski definition) is 7. The highest BCUT2D eigenvalue weighted by atomic mass is 16.5. The van der Waals surface area contributed by atoms with E-state index in [1.165, 1.54) is 6.08 Å². The number of methoxy groups -OCH3 is 1. The third kappa shape index (κ3) is 5.42. The van der Waals surface area contributed by atoms with Crippen molar-refractivity contribution in [1.29, 1.82) is 0 Å². The lowest BCUT2D eigenvalue weighted by molar-refractivity contribution is -0.111. The molecule has 0 saturated carbocycles. The summed E-state index contributed by atoms with van der Waals surface area (Å²) in [4.78, 5) is 12.0. The Morgan fingerprint density at radius 1 is 0.969 bits per heavy atom. The van der Waals surface area contributed by atoms with Crippen LogP contribution in [0, 0.1) is 6.92 Å². The van der Waals surface area contributed by atoms with Crippen LogP contribution in [0.15, 0.2) is 75.6 Å². The molecule has 0 saturated heterocycles. The molecule has 0 bridgehead atoms. The largest absolute Gasteiger partial charge is 0.497 e. The van der Waals surface area contributed by atoms with E-state index >= 15 is 0 Å². The molecule has 1 N–H and O–H groups in total. The summed E-state index contributed by atoms with van der Waals surface area (Å²) in [6.07, 6.45) is 3.03. The van der Waals surface area contributed by atoms with Crippen LogP contribution in [0.3, 0.4) is 0 Å². The number of carbonyl (C=O) groups excluding carboxylic acids is 1. The Hall–Kier alpha value is -4.33. The number of furan rings is 1. The zero-order valence-corrected chi connectivity index (χ0v) is 17.6. The fourth-order valence-electron chi connectivity index (χ4n) is 2.83. The van der Waals surface area contributed by atoms with E-state index in [9.17, 15) is 4.79 Å². The van der Waals surface area contributed by atoms with Crippen molar-refractivity contribution in [2.45, 2.75) is 13.5 Å². The SMILES string of the molecule is COc1ccc(-c2nnc(COc3ccc(NC(=O)/C=C/c4ccc(C)o4)cc3)o2)cc1. The highest BCUT2D eigenvalue weighted by Gasteiger charge is 2.09. The lowest BCUT2D eigenvalue weighted by Gasteiger charge is -2.05. The van der Waals surface area contributed by atoms with Crippen molar-refractivity contribution in [3.8, 4) is 23.0 Å². The third-order valence-electron chi connectivity index (χ3n) is 4.45. The lowest BCUT2D eigenvalue weighted by Crippen LogP contribution is -2.07. The second-order valence-corrected chi connectivity index (χ2v) is 6.81. The molecule has 0 spiro atoms. The molecule has 2 heterocycles. The quantitative estimate of drug-likeness (QED) is 0.397. The molecular weight excluding hydrogens is 410 g/mol. The van der Waals surface area contributed by atoms with E-state index in [1.807, 2.05) is 37.3 Å². The number of aromatic nitrogens is 2. The fraction of sp³-hybridized carbons (Fsp3) is 0.125. The van der Waals surface area contributed by atoms with Gasteiger partial charge in [-0.25, -0.2) is 0 Å². The van der Waals surface area contributed by atoms with Crippen LogP contribution in [-0.2, 0) is 11.4 Å². The summed E-state index contributed by atoms with van der Waals surface area (Å²) in [5.74, 6) is 3.27. The third-order valence-corrected chi connectivity index (χ3v) is 4.45. The van der Waals surface area contributed by atoms with Crippen LogP contribution in [0.2, 0.25) is 0 Å². The zero-order valence-electron chi connectivity index (χ0n) is 17.6. The summed E-state index contributed by atoms with van der Waals surface area (Å²) in [7, 11) is 1.61. The van der Waals surface area contributed by atoms with Crippen molar-refractivity contribution < 1.29 is 23.1 Å². The monoisotopic (exact) mass is 431 g/mol. The average Bonchev–Trinajstić information content (AvgIpc) is 3.46. The molecular formula is C24H21N3O5. The number of nitrogens with one attached hydrogen (secondary N) is 1. The van der Waals surface area contributed by atoms with Crippen molar-refractivity contribution in [1.82, 2.24) is 10.2 Å². The van der Waals surface area contributed by atoms with E-state index in [1.54, 1.807) is 43.5 Å². The molecule has 0 unspecified atom stereocenters. The van der Waals surface area contributed by atoms with Gasteiger partial charge in [-0.05, 0) is 73.7 Å². The average molecular weight is 431 g/mol. The number of rotatable bonds is 8. The first kappa shape index (κ1) is 20.9. The van der Waals surface area contributed by atoms with Gasteiger partial charge in [0.1, 0.15) is 23.0 Å². The van der Waals surface area contributed by atoms with Crippen molar-refractivity contribution in [3.05, 3.63) is 84.2 Å². The van der Waals surface area contributed by atoms with Crippen LogP contribution in [-0.4, -0.2) is 23.2 Å². The first-order valence-corrected chi connectivity index (χ1v) is 9.84. The Kier molecular flexibility index (Phi) is 6.31. The summed E-state index contributed by atoms with van der Waals surface area (Å²) in [5, 5.41) is 10.8. The van der Waals surface area contributed by atoms with E-state index in [-0.39, 0.29) is 12.5 Å². The van der Waals surface area contributed by atoms with Crippen molar-refractivity contribution in [2.24, 2.45) is 0 Å². The second kappa shape index (κ2) is 9.65. The zero-order chi connectivity index (χ0) is 22.3. The van der Waals surface area contributed by atoms with Gasteiger partial charge < -0.3 is 23.6 Å². The van der Waals surface area contributed by atoms with Gasteiger partial charge in [0.2, 0.25) is 11.8 Å². The number of hydrogen-bond donors (Lipinski definition) is 1. The maximum absolute atomic E-state index is 12.0. The molecule has 0 aliphatic heterocycles. The Labute approximate surface area is 184 Å². The van der Waals surface area contributed by atoms with Crippen LogP contribution in [0.1, 0.15) is 17.4 Å². The van der Waals surface area contributed by atoms with E-state index in [0.717, 1.165) is 17.1 Å². The van der Waals surface area contributed by atoms with Crippen molar-refractivity contribution in [3.63, 3.8) is 0 Å². The molecule has 2 aromatic heterocycles. The fourth-order valence-corrected chi connectivity index (χ4v) is 2.83. The van der Waals surface area contributed by atoms with Crippen molar-refractivity contribution in [2.75, 3.05) is 12.4 Å². The number of ether oxygens (including phenoxy) is 2. The Morgan fingerprint density at radius 2 is 1.72 bits per heavy atom.